The van der Waals surface area contributed by atoms with Gasteiger partial charge in [-0.25, -0.2) is 14.4 Å². The molecule has 1 unspecified atom stereocenters. The zero-order chi connectivity index (χ0) is 29.8. The fourth-order valence-corrected chi connectivity index (χ4v) is 3.31. The molecule has 2 atom stereocenters. The van der Waals surface area contributed by atoms with Gasteiger partial charge in [0.1, 0.15) is 12.1 Å². The van der Waals surface area contributed by atoms with Gasteiger partial charge in [-0.15, -0.1) is 0 Å². The average Bonchev–Trinajstić information content (AvgIpc) is 2.91. The number of nitrogens with one attached hydrogen (secondary N) is 1. The smallest absolute Gasteiger partial charge is 0.480 e. The fraction of sp³-hybridized carbons (Fsp3) is 0.643. The number of carboxylic acids is 1. The molecule has 0 aliphatic heterocycles. The molecule has 0 aliphatic carbocycles. The Morgan fingerprint density at radius 1 is 0.775 bits per heavy atom. The number of aliphatic carboxylic acids is 1. The second kappa shape index (κ2) is 20.4. The van der Waals surface area contributed by atoms with E-state index in [0.717, 1.165) is 25.7 Å². The van der Waals surface area contributed by atoms with Gasteiger partial charge in [-0.05, 0) is 50.3 Å². The number of benzene rings is 1. The molecule has 1 rings (SSSR count). The van der Waals surface area contributed by atoms with Crippen LogP contribution in [0.2, 0.25) is 0 Å². The van der Waals surface area contributed by atoms with Crippen LogP contribution in [0, 0.1) is 0 Å². The highest BCUT2D eigenvalue weighted by Gasteiger charge is 2.22. The topological polar surface area (TPSA) is 156 Å². The van der Waals surface area contributed by atoms with Crippen molar-refractivity contribution in [3.05, 3.63) is 23.8 Å². The quantitative estimate of drug-likeness (QED) is 0.0917. The Morgan fingerprint density at radius 2 is 1.35 bits per heavy atom. The molecule has 1 aromatic rings. The van der Waals surface area contributed by atoms with Crippen molar-refractivity contribution >= 4 is 24.4 Å². The zero-order valence-corrected chi connectivity index (χ0v) is 23.9. The van der Waals surface area contributed by atoms with Crippen LogP contribution >= 0.6 is 0 Å². The van der Waals surface area contributed by atoms with E-state index in [-0.39, 0.29) is 44.3 Å². The molecule has 40 heavy (non-hydrogen) atoms. The minimum atomic E-state index is -1.14. The maximum absolute atomic E-state index is 12.3. The minimum absolute atomic E-state index is 0.0218. The van der Waals surface area contributed by atoms with Crippen molar-refractivity contribution in [2.24, 2.45) is 0 Å². The van der Waals surface area contributed by atoms with Gasteiger partial charge in [0.05, 0.1) is 19.8 Å². The highest BCUT2D eigenvalue weighted by molar-refractivity contribution is 5.74. The number of carbonyl (C=O) groups is 4. The molecule has 0 heterocycles. The van der Waals surface area contributed by atoms with Crippen molar-refractivity contribution in [1.29, 1.82) is 0 Å². The first kappa shape index (κ1) is 34.5. The lowest BCUT2D eigenvalue weighted by molar-refractivity contribution is -0.139. The Hall–Kier alpha value is -3.54. The highest BCUT2D eigenvalue weighted by Crippen LogP contribution is 2.30. The maximum atomic E-state index is 12.3. The first-order valence-corrected chi connectivity index (χ1v) is 13.8. The van der Waals surface area contributed by atoms with E-state index in [1.54, 1.807) is 13.0 Å². The van der Waals surface area contributed by atoms with E-state index in [1.165, 1.54) is 12.1 Å². The highest BCUT2D eigenvalue weighted by atomic mass is 16.7. The summed E-state index contributed by atoms with van der Waals surface area (Å²) in [6, 6.07) is 3.25. The van der Waals surface area contributed by atoms with Gasteiger partial charge in [0, 0.05) is 6.54 Å². The predicted octanol–water partition coefficient (Wildman–Crippen LogP) is 5.63. The molecule has 226 valence electrons. The van der Waals surface area contributed by atoms with E-state index < -0.39 is 36.6 Å². The Labute approximate surface area is 235 Å². The molecule has 12 heteroatoms. The SMILES string of the molecule is CCCCCOC(=O)Oc1ccc(C[C@H](NCC(C)OC(=O)OCCC)C(=O)O)cc1OC(=O)OCCCCC. The molecule has 0 spiro atoms. The molecule has 0 radical (unpaired) electrons. The van der Waals surface area contributed by atoms with E-state index in [1.807, 2.05) is 20.8 Å². The summed E-state index contributed by atoms with van der Waals surface area (Å²) in [7, 11) is 0. The molecule has 12 nitrogen and oxygen atoms in total. The molecule has 0 bridgehead atoms. The van der Waals surface area contributed by atoms with Crippen LogP contribution in [0.5, 0.6) is 11.5 Å². The van der Waals surface area contributed by atoms with E-state index in [4.69, 9.17) is 28.4 Å². The molecular weight excluding hydrogens is 526 g/mol. The lowest BCUT2D eigenvalue weighted by Gasteiger charge is -2.19. The van der Waals surface area contributed by atoms with E-state index in [2.05, 4.69) is 5.32 Å². The summed E-state index contributed by atoms with van der Waals surface area (Å²) in [4.78, 5) is 47.9. The molecule has 0 saturated carbocycles. The third-order valence-electron chi connectivity index (χ3n) is 5.44. The summed E-state index contributed by atoms with van der Waals surface area (Å²) in [6.07, 6.45) is 2.26. The van der Waals surface area contributed by atoms with Crippen LogP contribution in [0.1, 0.15) is 78.2 Å². The lowest BCUT2D eigenvalue weighted by Crippen LogP contribution is -2.42. The number of carbonyl (C=O) groups excluding carboxylic acids is 3. The number of carboxylic acid groups (broad SMARTS) is 1. The van der Waals surface area contributed by atoms with Gasteiger partial charge >= 0.3 is 24.4 Å². The number of hydrogen-bond donors (Lipinski definition) is 2. The van der Waals surface area contributed by atoms with Gasteiger partial charge in [-0.1, -0.05) is 52.5 Å². The van der Waals surface area contributed by atoms with Crippen LogP contribution < -0.4 is 14.8 Å². The molecule has 0 saturated heterocycles. The number of rotatable bonds is 19. The normalized spacial score (nSPS) is 12.1. The maximum Gasteiger partial charge on any atom is 0.513 e. The van der Waals surface area contributed by atoms with Crippen molar-refractivity contribution in [2.75, 3.05) is 26.4 Å². The van der Waals surface area contributed by atoms with Gasteiger partial charge in [-0.2, -0.15) is 0 Å². The Morgan fingerprint density at radius 3 is 1.90 bits per heavy atom. The summed E-state index contributed by atoms with van der Waals surface area (Å²) >= 11 is 0. The Balaban J connectivity index is 2.92. The summed E-state index contributed by atoms with van der Waals surface area (Å²) in [5, 5.41) is 12.5. The largest absolute Gasteiger partial charge is 0.513 e. The summed E-state index contributed by atoms with van der Waals surface area (Å²) in [5.41, 5.74) is 0.466. The van der Waals surface area contributed by atoms with Gasteiger partial charge in [0.2, 0.25) is 0 Å². The van der Waals surface area contributed by atoms with Crippen LogP contribution in [0.3, 0.4) is 0 Å². The average molecular weight is 570 g/mol. The summed E-state index contributed by atoms with van der Waals surface area (Å²) in [5.74, 6) is -1.35. The number of hydrogen-bond acceptors (Lipinski definition) is 11. The first-order chi connectivity index (χ1) is 19.2. The number of unbranched alkanes of at least 4 members (excludes halogenated alkanes) is 4. The number of ether oxygens (including phenoxy) is 6. The summed E-state index contributed by atoms with van der Waals surface area (Å²) < 4.78 is 30.6. The van der Waals surface area contributed by atoms with Gasteiger partial charge < -0.3 is 38.8 Å². The standard InChI is InChI=1S/C28H43NO11/c1-5-8-10-15-36-27(33)39-23-13-12-21(18-24(23)40-28(34)37-16-11-9-6-2)17-22(25(30)31)29-19-20(4)38-26(32)35-14-7-3/h12-13,18,20,22,29H,5-11,14-17,19H2,1-4H3,(H,30,31)/t20?,22-/m0/s1. The van der Waals surface area contributed by atoms with Crippen molar-refractivity contribution < 1.29 is 52.7 Å². The van der Waals surface area contributed by atoms with Crippen LogP contribution in [-0.4, -0.2) is 68.1 Å². The molecule has 0 amide bonds. The van der Waals surface area contributed by atoms with Crippen molar-refractivity contribution in [1.82, 2.24) is 5.32 Å². The minimum Gasteiger partial charge on any atom is -0.480 e. The van der Waals surface area contributed by atoms with Gasteiger partial charge in [0.15, 0.2) is 11.5 Å². The third kappa shape index (κ3) is 15.2. The van der Waals surface area contributed by atoms with Crippen LogP contribution in [0.15, 0.2) is 18.2 Å². The van der Waals surface area contributed by atoms with Crippen LogP contribution in [0.4, 0.5) is 14.4 Å². The Kier molecular flexibility index (Phi) is 17.6. The van der Waals surface area contributed by atoms with E-state index >= 15 is 0 Å². The molecule has 2 N–H and O–H groups in total. The predicted molar refractivity (Wildman–Crippen MR) is 145 cm³/mol. The third-order valence-corrected chi connectivity index (χ3v) is 5.44. The monoisotopic (exact) mass is 569 g/mol. The van der Waals surface area contributed by atoms with E-state index in [0.29, 0.717) is 24.8 Å². The van der Waals surface area contributed by atoms with Crippen LogP contribution in [-0.2, 0) is 30.2 Å². The molecule has 0 aliphatic rings. The summed E-state index contributed by atoms with van der Waals surface area (Å²) in [6.45, 7) is 8.12. The van der Waals surface area contributed by atoms with E-state index in [9.17, 15) is 24.3 Å². The van der Waals surface area contributed by atoms with Gasteiger partial charge in [-0.3, -0.25) is 4.79 Å². The van der Waals surface area contributed by atoms with Crippen LogP contribution in [0.25, 0.3) is 0 Å². The van der Waals surface area contributed by atoms with Gasteiger partial charge in [0.25, 0.3) is 0 Å². The molecular formula is C28H43NO11. The second-order valence-corrected chi connectivity index (χ2v) is 9.13. The molecule has 0 fully saturated rings. The molecule has 1 aromatic carbocycles. The second-order valence-electron chi connectivity index (χ2n) is 9.13. The van der Waals surface area contributed by atoms with Crippen molar-refractivity contribution in [3.63, 3.8) is 0 Å². The lowest BCUT2D eigenvalue weighted by atomic mass is 10.0. The fourth-order valence-electron chi connectivity index (χ4n) is 3.31. The Bertz CT molecular complexity index is 922. The van der Waals surface area contributed by atoms with Crippen molar-refractivity contribution in [3.8, 4) is 11.5 Å². The zero-order valence-electron chi connectivity index (χ0n) is 23.9. The molecule has 0 aromatic heterocycles. The van der Waals surface area contributed by atoms with Crippen molar-refractivity contribution in [2.45, 2.75) is 91.2 Å². The first-order valence-electron chi connectivity index (χ1n) is 13.8.